The largest absolute Gasteiger partial charge is 0.472 e. The van der Waals surface area contributed by atoms with E-state index in [0.29, 0.717) is 0 Å². The molecular formula is C16H20N2O4+2. The smallest absolute Gasteiger partial charge is 0.298 e. The van der Waals surface area contributed by atoms with E-state index in [1.54, 1.807) is 0 Å². The first-order chi connectivity index (χ1) is 10.2. The van der Waals surface area contributed by atoms with Crippen LogP contribution in [0.5, 0.6) is 0 Å². The molecule has 0 bridgehead atoms. The fraction of sp³-hybridized carbons (Fsp3) is 0.188. The molecule has 0 saturated heterocycles. The van der Waals surface area contributed by atoms with Gasteiger partial charge in [-0.25, -0.2) is 10.4 Å². The summed E-state index contributed by atoms with van der Waals surface area (Å²) in [6.07, 6.45) is 0. The molecular weight excluding hydrogens is 284 g/mol. The lowest BCUT2D eigenvalue weighted by atomic mass is 10.0. The van der Waals surface area contributed by atoms with Crippen molar-refractivity contribution >= 4 is 11.5 Å². The minimum absolute atomic E-state index is 0.0727. The van der Waals surface area contributed by atoms with Crippen LogP contribution in [-0.4, -0.2) is 42.4 Å². The topological polar surface area (TPSA) is 77.6 Å². The van der Waals surface area contributed by atoms with Gasteiger partial charge in [-0.1, -0.05) is 30.3 Å². The number of carbonyl (C=O) groups excluding carboxylic acids is 1. The average Bonchev–Trinajstić information content (AvgIpc) is 2.46. The molecule has 116 valence electrons. The van der Waals surface area contributed by atoms with Gasteiger partial charge in [-0.05, 0) is 24.3 Å². The summed E-state index contributed by atoms with van der Waals surface area (Å²) < 4.78 is 0.750. The van der Waals surface area contributed by atoms with Crippen molar-refractivity contribution in [1.29, 1.82) is 0 Å². The fourth-order valence-electron chi connectivity index (χ4n) is 1.82. The maximum Gasteiger partial charge on any atom is 0.472 e. The summed E-state index contributed by atoms with van der Waals surface area (Å²) in [6, 6.07) is 17.2. The zero-order valence-electron chi connectivity index (χ0n) is 12.8. The summed E-state index contributed by atoms with van der Waals surface area (Å²) in [5, 5.41) is 12.5. The molecule has 2 N–H and O–H groups in total. The molecule has 0 fully saturated rings. The van der Waals surface area contributed by atoms with Crippen LogP contribution in [0.25, 0.3) is 0 Å². The first kappa shape index (κ1) is 17.3. The molecule has 0 aromatic heterocycles. The van der Waals surface area contributed by atoms with Crippen molar-refractivity contribution in [2.24, 2.45) is 0 Å². The third-order valence-electron chi connectivity index (χ3n) is 2.94. The number of benzene rings is 2. The fourth-order valence-corrected chi connectivity index (χ4v) is 1.82. The van der Waals surface area contributed by atoms with Gasteiger partial charge in [0.1, 0.15) is 10.6 Å². The van der Waals surface area contributed by atoms with Gasteiger partial charge >= 0.3 is 5.09 Å². The van der Waals surface area contributed by atoms with E-state index < -0.39 is 5.09 Å². The van der Waals surface area contributed by atoms with Gasteiger partial charge in [0.2, 0.25) is 0 Å². The van der Waals surface area contributed by atoms with Gasteiger partial charge in [0.15, 0.2) is 5.78 Å². The highest BCUT2D eigenvalue weighted by atomic mass is 16.9. The second-order valence-electron chi connectivity index (χ2n) is 5.51. The molecule has 0 heterocycles. The molecule has 0 radical (unpaired) electrons. The zero-order chi connectivity index (χ0) is 16.8. The van der Waals surface area contributed by atoms with Crippen molar-refractivity contribution in [3.05, 3.63) is 70.6 Å². The molecule has 22 heavy (non-hydrogen) atoms. The van der Waals surface area contributed by atoms with Crippen LogP contribution in [0.1, 0.15) is 15.9 Å². The van der Waals surface area contributed by atoms with Crippen molar-refractivity contribution in [1.82, 2.24) is 4.48 Å². The Morgan fingerprint density at radius 3 is 1.68 bits per heavy atom. The van der Waals surface area contributed by atoms with Gasteiger partial charge in [-0.3, -0.25) is 9.28 Å². The first-order valence-corrected chi connectivity index (χ1v) is 6.58. The summed E-state index contributed by atoms with van der Waals surface area (Å²) in [5.41, 5.74) is 2.65. The van der Waals surface area contributed by atoms with Crippen molar-refractivity contribution in [3.63, 3.8) is 0 Å². The van der Waals surface area contributed by atoms with Crippen molar-refractivity contribution < 1.29 is 20.3 Å². The summed E-state index contributed by atoms with van der Waals surface area (Å²) in [6.45, 7) is 0. The van der Waals surface area contributed by atoms with Crippen LogP contribution in [0.3, 0.4) is 0 Å². The van der Waals surface area contributed by atoms with Gasteiger partial charge in [0.05, 0.1) is 21.1 Å². The molecule has 0 aliphatic carbocycles. The second-order valence-corrected chi connectivity index (χ2v) is 5.51. The minimum atomic E-state index is -1.25. The number of quaternary nitrogens is 1. The van der Waals surface area contributed by atoms with Gasteiger partial charge in [0, 0.05) is 11.1 Å². The van der Waals surface area contributed by atoms with E-state index in [1.807, 2.05) is 54.6 Å². The average molecular weight is 304 g/mol. The normalized spacial score (nSPS) is 10.3. The maximum atomic E-state index is 12.2. The number of rotatable bonds is 3. The van der Waals surface area contributed by atoms with E-state index in [4.69, 9.17) is 15.3 Å². The van der Waals surface area contributed by atoms with E-state index in [0.717, 1.165) is 15.6 Å². The number of carbonyl (C=O) groups is 1. The van der Waals surface area contributed by atoms with Crippen LogP contribution in [0.2, 0.25) is 0 Å². The lowest BCUT2D eigenvalue weighted by Crippen LogP contribution is -2.34. The van der Waals surface area contributed by atoms with Crippen molar-refractivity contribution in [2.45, 2.75) is 0 Å². The van der Waals surface area contributed by atoms with E-state index in [-0.39, 0.29) is 5.78 Å². The molecule has 2 rings (SSSR count). The summed E-state index contributed by atoms with van der Waals surface area (Å²) in [5.74, 6) is 0.0727. The lowest BCUT2D eigenvalue weighted by Gasteiger charge is -2.23. The quantitative estimate of drug-likeness (QED) is 0.519. The van der Waals surface area contributed by atoms with Crippen LogP contribution >= 0.6 is 0 Å². The predicted molar refractivity (Wildman–Crippen MR) is 83.1 cm³/mol. The molecule has 0 spiro atoms. The van der Waals surface area contributed by atoms with Crippen LogP contribution in [0.15, 0.2) is 54.6 Å². The monoisotopic (exact) mass is 304 g/mol. The molecule has 6 nitrogen and oxygen atoms in total. The van der Waals surface area contributed by atoms with Gasteiger partial charge in [-0.15, -0.1) is 0 Å². The molecule has 0 aliphatic heterocycles. The SMILES string of the molecule is C[N+](C)(C)c1ccc(C(=O)c2ccccc2)cc1.O=[N+](O)O. The number of hydrogen-bond acceptors (Lipinski definition) is 2. The lowest BCUT2D eigenvalue weighted by molar-refractivity contribution is -0.969. The molecule has 2 aromatic rings. The number of hydrogen-bond donors (Lipinski definition) is 2. The van der Waals surface area contributed by atoms with E-state index in [2.05, 4.69) is 21.1 Å². The number of nitrogens with zero attached hydrogens (tertiary/aromatic N) is 2. The Bertz CT molecular complexity index is 627. The van der Waals surface area contributed by atoms with Crippen molar-refractivity contribution in [3.8, 4) is 0 Å². The highest BCUT2D eigenvalue weighted by Crippen LogP contribution is 2.18. The van der Waals surface area contributed by atoms with Crippen LogP contribution in [0.4, 0.5) is 5.69 Å². The molecule has 6 heteroatoms. The van der Waals surface area contributed by atoms with Crippen LogP contribution in [-0.2, 0) is 0 Å². The molecule has 0 atom stereocenters. The Morgan fingerprint density at radius 2 is 1.27 bits per heavy atom. The Hall–Kier alpha value is -2.73. The summed E-state index contributed by atoms with van der Waals surface area (Å²) >= 11 is 0. The van der Waals surface area contributed by atoms with E-state index >= 15 is 0 Å². The van der Waals surface area contributed by atoms with E-state index in [1.165, 1.54) is 5.69 Å². The van der Waals surface area contributed by atoms with Crippen LogP contribution in [0, 0.1) is 4.91 Å². The standard InChI is InChI=1S/C16H18NO.H2NO3/c1-17(2,3)15-11-9-14(10-12-15)16(18)13-7-5-4-6-8-13;2-1(3)4/h4-12H,1-3H3;(H2,2,3,4)/q2*+1. The minimum Gasteiger partial charge on any atom is -0.298 e. The zero-order valence-corrected chi connectivity index (χ0v) is 12.8. The van der Waals surface area contributed by atoms with E-state index in [9.17, 15) is 4.79 Å². The first-order valence-electron chi connectivity index (χ1n) is 6.58. The van der Waals surface area contributed by atoms with Crippen molar-refractivity contribution in [2.75, 3.05) is 21.1 Å². The molecule has 0 aliphatic rings. The predicted octanol–water partition coefficient (Wildman–Crippen LogP) is 2.66. The highest BCUT2D eigenvalue weighted by molar-refractivity contribution is 6.09. The summed E-state index contributed by atoms with van der Waals surface area (Å²) in [7, 11) is 6.32. The molecule has 0 saturated carbocycles. The molecule has 0 unspecified atom stereocenters. The maximum absolute atomic E-state index is 12.2. The van der Waals surface area contributed by atoms with Gasteiger partial charge in [-0.2, -0.15) is 0 Å². The number of ketones is 1. The Kier molecular flexibility index (Phi) is 5.77. The van der Waals surface area contributed by atoms with Gasteiger partial charge in [0.25, 0.3) is 0 Å². The van der Waals surface area contributed by atoms with Crippen LogP contribution < -0.4 is 4.48 Å². The molecule has 0 amide bonds. The third-order valence-corrected chi connectivity index (χ3v) is 2.94. The Labute approximate surface area is 128 Å². The summed E-state index contributed by atoms with van der Waals surface area (Å²) in [4.78, 5) is 20.7. The third kappa shape index (κ3) is 5.34. The molecule has 2 aromatic carbocycles. The van der Waals surface area contributed by atoms with Gasteiger partial charge < -0.3 is 0 Å². The highest BCUT2D eigenvalue weighted by Gasteiger charge is 2.13. The Balaban J connectivity index is 0.000000541. The second kappa shape index (κ2) is 7.33. The Morgan fingerprint density at radius 1 is 0.864 bits per heavy atom.